The molecule has 0 amide bonds. The molecule has 0 unspecified atom stereocenters. The summed E-state index contributed by atoms with van der Waals surface area (Å²) in [6.45, 7) is 6.58. The Morgan fingerprint density at radius 3 is 1.93 bits per heavy atom. The van der Waals surface area contributed by atoms with Crippen LogP contribution in [0.2, 0.25) is 0 Å². The van der Waals surface area contributed by atoms with Gasteiger partial charge in [0.05, 0.1) is 0 Å². The van der Waals surface area contributed by atoms with Crippen molar-refractivity contribution in [2.75, 3.05) is 0 Å². The van der Waals surface area contributed by atoms with Gasteiger partial charge in [-0.2, -0.15) is 0 Å². The summed E-state index contributed by atoms with van der Waals surface area (Å²) in [6.07, 6.45) is 8.73. The van der Waals surface area contributed by atoms with Crippen molar-refractivity contribution in [1.82, 2.24) is 0 Å². The van der Waals surface area contributed by atoms with Gasteiger partial charge in [0, 0.05) is 5.56 Å². The van der Waals surface area contributed by atoms with E-state index < -0.39 is 22.5 Å². The van der Waals surface area contributed by atoms with Gasteiger partial charge in [-0.05, 0) is 36.7 Å². The van der Waals surface area contributed by atoms with Gasteiger partial charge in [0.25, 0.3) is 0 Å². The van der Waals surface area contributed by atoms with Crippen molar-refractivity contribution in [3.05, 3.63) is 35.4 Å². The first-order valence-corrected chi connectivity index (χ1v) is 11.8. The zero-order chi connectivity index (χ0) is 21.2. The van der Waals surface area contributed by atoms with E-state index in [0.717, 1.165) is 69.8 Å². The quantitative estimate of drug-likeness (QED) is 0.569. The van der Waals surface area contributed by atoms with Crippen molar-refractivity contribution >= 4 is 11.9 Å². The molecule has 4 heteroatoms. The Balaban J connectivity index is 1.69. The molecule has 30 heavy (non-hydrogen) atoms. The lowest BCUT2D eigenvalue weighted by Gasteiger charge is -2.43. The van der Waals surface area contributed by atoms with Crippen molar-refractivity contribution < 1.29 is 19.1 Å². The van der Waals surface area contributed by atoms with Crippen molar-refractivity contribution in [3.8, 4) is 0 Å². The molecule has 0 bridgehead atoms. The second-order valence-corrected chi connectivity index (χ2v) is 11.1. The number of hydrogen-bond donors (Lipinski definition) is 0. The van der Waals surface area contributed by atoms with E-state index in [4.69, 9.17) is 9.47 Å². The number of carbonyl (C=O) groups is 2. The topological polar surface area (TPSA) is 52.6 Å². The van der Waals surface area contributed by atoms with E-state index in [0.29, 0.717) is 0 Å². The molecule has 4 nitrogen and oxygen atoms in total. The highest BCUT2D eigenvalue weighted by atomic mass is 16.6. The van der Waals surface area contributed by atoms with E-state index in [2.05, 4.69) is 45.0 Å². The summed E-state index contributed by atoms with van der Waals surface area (Å²) in [5, 5.41) is 0. The van der Waals surface area contributed by atoms with E-state index in [1.165, 1.54) is 5.56 Å². The molecule has 0 N–H and O–H groups in total. The predicted octanol–water partition coefficient (Wildman–Crippen LogP) is 5.56. The van der Waals surface area contributed by atoms with Crippen LogP contribution < -0.4 is 0 Å². The monoisotopic (exact) mass is 410 g/mol. The van der Waals surface area contributed by atoms with Crippen molar-refractivity contribution in [3.63, 3.8) is 0 Å². The maximum atomic E-state index is 13.5. The summed E-state index contributed by atoms with van der Waals surface area (Å²) < 4.78 is 12.7. The SMILES string of the molecule is CC(C)(C)c1ccc([C@]23OC(=O)C4(CCCCC4)[C@@H]2OC(=O)C32CCCCC2)cc1. The van der Waals surface area contributed by atoms with Crippen LogP contribution in [0.5, 0.6) is 0 Å². The molecular formula is C26H34O4. The molecule has 2 saturated carbocycles. The van der Waals surface area contributed by atoms with E-state index in [1.54, 1.807) is 0 Å². The summed E-state index contributed by atoms with van der Waals surface area (Å²) in [6, 6.07) is 8.47. The Hall–Kier alpha value is -1.84. The van der Waals surface area contributed by atoms with Crippen LogP contribution in [0.4, 0.5) is 0 Å². The van der Waals surface area contributed by atoms with Crippen LogP contribution in [0, 0.1) is 10.8 Å². The first kappa shape index (κ1) is 20.1. The van der Waals surface area contributed by atoms with Gasteiger partial charge in [-0.3, -0.25) is 9.59 Å². The van der Waals surface area contributed by atoms with Gasteiger partial charge in [0.1, 0.15) is 10.8 Å². The second-order valence-electron chi connectivity index (χ2n) is 11.1. The van der Waals surface area contributed by atoms with Crippen molar-refractivity contribution in [2.24, 2.45) is 10.8 Å². The first-order valence-electron chi connectivity index (χ1n) is 11.8. The van der Waals surface area contributed by atoms with Crippen LogP contribution in [-0.4, -0.2) is 18.0 Å². The molecule has 0 aromatic heterocycles. The van der Waals surface area contributed by atoms with E-state index in [-0.39, 0.29) is 17.4 Å². The lowest BCUT2D eigenvalue weighted by atomic mass is 9.57. The van der Waals surface area contributed by atoms with Crippen LogP contribution in [0.3, 0.4) is 0 Å². The molecule has 2 spiro atoms. The smallest absolute Gasteiger partial charge is 0.317 e. The van der Waals surface area contributed by atoms with Gasteiger partial charge in [0.15, 0.2) is 11.7 Å². The Bertz CT molecular complexity index is 848. The average Bonchev–Trinajstić information content (AvgIpc) is 3.11. The minimum Gasteiger partial charge on any atom is -0.456 e. The number of ether oxygens (including phenoxy) is 2. The number of hydrogen-bond acceptors (Lipinski definition) is 4. The normalized spacial score (nSPS) is 32.2. The Kier molecular flexibility index (Phi) is 4.40. The van der Waals surface area contributed by atoms with Gasteiger partial charge < -0.3 is 9.47 Å². The lowest BCUT2D eigenvalue weighted by molar-refractivity contribution is -0.173. The maximum Gasteiger partial charge on any atom is 0.317 e. The Morgan fingerprint density at radius 2 is 1.37 bits per heavy atom. The third-order valence-electron chi connectivity index (χ3n) is 8.49. The lowest BCUT2D eigenvalue weighted by Crippen LogP contribution is -2.52. The average molecular weight is 411 g/mol. The minimum absolute atomic E-state index is 0.0388. The molecule has 162 valence electrons. The van der Waals surface area contributed by atoms with E-state index in [9.17, 15) is 9.59 Å². The third kappa shape index (κ3) is 2.45. The van der Waals surface area contributed by atoms with E-state index >= 15 is 0 Å². The number of benzene rings is 1. The van der Waals surface area contributed by atoms with Gasteiger partial charge in [-0.25, -0.2) is 0 Å². The van der Waals surface area contributed by atoms with Crippen LogP contribution >= 0.6 is 0 Å². The van der Waals surface area contributed by atoms with Crippen molar-refractivity contribution in [1.29, 1.82) is 0 Å². The molecule has 0 radical (unpaired) electrons. The molecular weight excluding hydrogens is 376 g/mol. The highest BCUT2D eigenvalue weighted by Gasteiger charge is 2.80. The standard InChI is InChI=1S/C26H34O4/c1-23(2,3)18-10-12-19(13-11-18)26-20(24(21(27)30-26)14-6-4-7-15-24)29-22(28)25(26)16-8-5-9-17-25/h10-13,20H,4-9,14-17H2,1-3H3/t20-,26-/m0/s1. The molecule has 5 rings (SSSR count). The van der Waals surface area contributed by atoms with Crippen LogP contribution in [0.25, 0.3) is 0 Å². The molecule has 2 aliphatic heterocycles. The summed E-state index contributed by atoms with van der Waals surface area (Å²) in [7, 11) is 0. The number of carbonyl (C=O) groups excluding carboxylic acids is 2. The second kappa shape index (κ2) is 6.58. The number of rotatable bonds is 1. The zero-order valence-corrected chi connectivity index (χ0v) is 18.6. The molecule has 2 saturated heterocycles. The van der Waals surface area contributed by atoms with Crippen LogP contribution in [0.1, 0.15) is 96.1 Å². The molecule has 4 fully saturated rings. The van der Waals surface area contributed by atoms with E-state index in [1.807, 2.05) is 0 Å². The molecule has 2 aliphatic carbocycles. The van der Waals surface area contributed by atoms with Gasteiger partial charge in [-0.15, -0.1) is 0 Å². The Labute approximate surface area is 179 Å². The minimum atomic E-state index is -0.977. The van der Waals surface area contributed by atoms with Crippen LogP contribution in [0.15, 0.2) is 24.3 Å². The fourth-order valence-electron chi connectivity index (χ4n) is 6.80. The molecule has 2 heterocycles. The molecule has 1 aromatic carbocycles. The number of fused-ring (bicyclic) bond motifs is 3. The maximum absolute atomic E-state index is 13.5. The fraction of sp³-hybridized carbons (Fsp3) is 0.692. The third-order valence-corrected chi connectivity index (χ3v) is 8.49. The first-order chi connectivity index (χ1) is 14.3. The van der Waals surface area contributed by atoms with Crippen molar-refractivity contribution in [2.45, 2.75) is 102 Å². The summed E-state index contributed by atoms with van der Waals surface area (Å²) >= 11 is 0. The fourth-order valence-corrected chi connectivity index (χ4v) is 6.80. The molecule has 1 aromatic rings. The predicted molar refractivity (Wildman–Crippen MR) is 114 cm³/mol. The summed E-state index contributed by atoms with van der Waals surface area (Å²) in [4.78, 5) is 27.0. The summed E-state index contributed by atoms with van der Waals surface area (Å²) in [5.41, 5.74) is -0.164. The number of esters is 2. The van der Waals surface area contributed by atoms with Gasteiger partial charge >= 0.3 is 11.9 Å². The summed E-state index contributed by atoms with van der Waals surface area (Å²) in [5.74, 6) is -0.269. The Morgan fingerprint density at radius 1 is 0.800 bits per heavy atom. The zero-order valence-electron chi connectivity index (χ0n) is 18.6. The van der Waals surface area contributed by atoms with Gasteiger partial charge in [-0.1, -0.05) is 83.6 Å². The highest BCUT2D eigenvalue weighted by Crippen LogP contribution is 2.68. The van der Waals surface area contributed by atoms with Crippen LogP contribution in [-0.2, 0) is 30.1 Å². The highest BCUT2D eigenvalue weighted by molar-refractivity contribution is 5.90. The van der Waals surface area contributed by atoms with Gasteiger partial charge in [0.2, 0.25) is 0 Å². The molecule has 4 aliphatic rings. The molecule has 2 atom stereocenters. The largest absolute Gasteiger partial charge is 0.456 e.